The quantitative estimate of drug-likeness (QED) is 0.341. The third-order valence-corrected chi connectivity index (χ3v) is 6.14. The van der Waals surface area contributed by atoms with Crippen molar-refractivity contribution in [3.8, 4) is 5.75 Å². The molecule has 2 fully saturated rings. The number of carbonyl (C=O) groups excluding carboxylic acids is 2. The Morgan fingerprint density at radius 3 is 2.59 bits per heavy atom. The maximum absolute atomic E-state index is 13.5. The van der Waals surface area contributed by atoms with Gasteiger partial charge in [-0.2, -0.15) is 0 Å². The monoisotopic (exact) mass is 465 g/mol. The van der Waals surface area contributed by atoms with Crippen LogP contribution in [0.15, 0.2) is 54.4 Å². The molecule has 0 spiro atoms. The van der Waals surface area contributed by atoms with E-state index in [4.69, 9.17) is 9.47 Å². The Hall–Kier alpha value is -3.23. The number of Topliss-reactive ketones (excluding diaryl/α,β-unsaturated/α-hetero) is 1. The van der Waals surface area contributed by atoms with Gasteiger partial charge in [-0.1, -0.05) is 37.8 Å². The molecule has 2 saturated heterocycles. The van der Waals surface area contributed by atoms with Gasteiger partial charge in [0.2, 0.25) is 5.78 Å². The Kier molecular flexibility index (Phi) is 7.59. The fourth-order valence-corrected chi connectivity index (χ4v) is 4.29. The van der Waals surface area contributed by atoms with Crippen LogP contribution in [0.2, 0.25) is 0 Å². The second-order valence-electron chi connectivity index (χ2n) is 9.10. The molecule has 1 atom stereocenters. The number of quaternary nitrogens is 1. The predicted octanol–water partition coefficient (Wildman–Crippen LogP) is 0.256. The van der Waals surface area contributed by atoms with Gasteiger partial charge in [-0.15, -0.1) is 0 Å². The van der Waals surface area contributed by atoms with Crippen LogP contribution in [0, 0.1) is 5.92 Å². The summed E-state index contributed by atoms with van der Waals surface area (Å²) in [5.74, 6) is -0.783. The fraction of sp³-hybridized carbons (Fsp3) is 0.423. The summed E-state index contributed by atoms with van der Waals surface area (Å²) in [4.78, 5) is 33.1. The number of morpholine rings is 1. The van der Waals surface area contributed by atoms with Gasteiger partial charge in [-0.05, 0) is 35.2 Å². The van der Waals surface area contributed by atoms with Gasteiger partial charge in [0.15, 0.2) is 0 Å². The number of amides is 1. The van der Waals surface area contributed by atoms with Crippen LogP contribution in [-0.2, 0) is 14.3 Å². The first-order chi connectivity index (χ1) is 16.5. The van der Waals surface area contributed by atoms with Crippen molar-refractivity contribution in [1.82, 2.24) is 9.88 Å². The van der Waals surface area contributed by atoms with Crippen molar-refractivity contribution >= 4 is 17.4 Å². The number of ketones is 1. The van der Waals surface area contributed by atoms with Crippen molar-refractivity contribution in [1.29, 1.82) is 0 Å². The van der Waals surface area contributed by atoms with Gasteiger partial charge in [0, 0.05) is 18.0 Å². The van der Waals surface area contributed by atoms with E-state index in [0.29, 0.717) is 55.7 Å². The van der Waals surface area contributed by atoms with Gasteiger partial charge >= 0.3 is 0 Å². The summed E-state index contributed by atoms with van der Waals surface area (Å²) in [6.45, 7) is 8.82. The van der Waals surface area contributed by atoms with Crippen LogP contribution in [0.25, 0.3) is 5.76 Å². The molecule has 0 radical (unpaired) electrons. The molecule has 2 aromatic rings. The van der Waals surface area contributed by atoms with Gasteiger partial charge < -0.3 is 24.4 Å². The molecule has 0 bridgehead atoms. The minimum atomic E-state index is -0.751. The van der Waals surface area contributed by atoms with E-state index in [1.54, 1.807) is 48.8 Å². The molecule has 0 saturated carbocycles. The fourth-order valence-electron chi connectivity index (χ4n) is 4.29. The lowest BCUT2D eigenvalue weighted by molar-refractivity contribution is -0.907. The molecule has 8 nitrogen and oxygen atoms in total. The van der Waals surface area contributed by atoms with Gasteiger partial charge in [-0.3, -0.25) is 14.6 Å². The highest BCUT2D eigenvalue weighted by Crippen LogP contribution is 2.38. The average molecular weight is 466 g/mol. The van der Waals surface area contributed by atoms with Crippen LogP contribution in [0.1, 0.15) is 31.0 Å². The zero-order valence-electron chi connectivity index (χ0n) is 19.7. The third kappa shape index (κ3) is 5.29. The van der Waals surface area contributed by atoms with Gasteiger partial charge in [-0.25, -0.2) is 0 Å². The first-order valence-corrected chi connectivity index (χ1v) is 11.8. The lowest BCUT2D eigenvalue weighted by Gasteiger charge is -2.30. The number of nitrogens with one attached hydrogen (secondary N) is 1. The molecule has 4 rings (SSSR count). The summed E-state index contributed by atoms with van der Waals surface area (Å²) in [7, 11) is 0. The van der Waals surface area contributed by atoms with Crippen molar-refractivity contribution in [2.75, 3.05) is 46.0 Å². The lowest BCUT2D eigenvalue weighted by Crippen LogP contribution is -3.14. The largest absolute Gasteiger partial charge is 0.872 e. The molecule has 2 aliphatic rings. The van der Waals surface area contributed by atoms with E-state index in [2.05, 4.69) is 18.8 Å². The summed E-state index contributed by atoms with van der Waals surface area (Å²) >= 11 is 0. The number of pyridine rings is 1. The molecule has 2 aliphatic heterocycles. The highest BCUT2D eigenvalue weighted by molar-refractivity contribution is 6.46. The third-order valence-electron chi connectivity index (χ3n) is 6.14. The van der Waals surface area contributed by atoms with E-state index in [9.17, 15) is 14.7 Å². The molecule has 1 N–H and O–H groups in total. The summed E-state index contributed by atoms with van der Waals surface area (Å²) < 4.78 is 11.1. The van der Waals surface area contributed by atoms with E-state index >= 15 is 0 Å². The Morgan fingerprint density at radius 1 is 1.21 bits per heavy atom. The molecule has 1 aromatic carbocycles. The zero-order valence-corrected chi connectivity index (χ0v) is 19.7. The normalized spacial score (nSPS) is 20.8. The second-order valence-corrected chi connectivity index (χ2v) is 9.10. The van der Waals surface area contributed by atoms with Crippen LogP contribution >= 0.6 is 0 Å². The number of benzene rings is 1. The molecule has 8 heteroatoms. The van der Waals surface area contributed by atoms with Crippen LogP contribution < -0.4 is 14.7 Å². The zero-order chi connectivity index (χ0) is 24.1. The minimum Gasteiger partial charge on any atom is -0.872 e. The van der Waals surface area contributed by atoms with E-state index in [1.165, 1.54) is 9.80 Å². The van der Waals surface area contributed by atoms with Crippen molar-refractivity contribution in [2.45, 2.75) is 19.9 Å². The molecule has 0 aliphatic carbocycles. The topological polar surface area (TPSA) is 96.2 Å². The molecule has 1 aromatic heterocycles. The summed E-state index contributed by atoms with van der Waals surface area (Å²) in [5, 5.41) is 13.5. The Balaban J connectivity index is 1.64. The molecular weight excluding hydrogens is 434 g/mol. The molecule has 1 unspecified atom stereocenters. The van der Waals surface area contributed by atoms with Crippen LogP contribution in [0.4, 0.5) is 0 Å². The van der Waals surface area contributed by atoms with Crippen molar-refractivity contribution in [2.24, 2.45) is 5.92 Å². The van der Waals surface area contributed by atoms with E-state index in [-0.39, 0.29) is 5.57 Å². The van der Waals surface area contributed by atoms with Crippen molar-refractivity contribution in [3.63, 3.8) is 0 Å². The van der Waals surface area contributed by atoms with Gasteiger partial charge in [0.05, 0.1) is 39.0 Å². The standard InChI is InChI=1S/C26H31N3O5/c1-18(2)17-34-21-7-5-19(6-8-21)24(30)22-23(20-4-3-9-27-16-20)29(26(32)25(22)31)11-10-28-12-14-33-15-13-28/h3-9,16,18,23,30H,10-15,17H2,1-2H3/b24-22+. The maximum atomic E-state index is 13.5. The number of likely N-dealkylation sites (tertiary alicyclic amines) is 1. The summed E-state index contributed by atoms with van der Waals surface area (Å²) in [6, 6.07) is 9.52. The van der Waals surface area contributed by atoms with Crippen LogP contribution in [0.5, 0.6) is 5.75 Å². The first kappa shape index (κ1) is 23.9. The number of carbonyl (C=O) groups is 2. The highest BCUT2D eigenvalue weighted by atomic mass is 16.5. The highest BCUT2D eigenvalue weighted by Gasteiger charge is 2.44. The minimum absolute atomic E-state index is 0.0224. The predicted molar refractivity (Wildman–Crippen MR) is 124 cm³/mol. The van der Waals surface area contributed by atoms with Crippen molar-refractivity contribution in [3.05, 3.63) is 65.5 Å². The number of aromatic nitrogens is 1. The molecule has 180 valence electrons. The maximum Gasteiger partial charge on any atom is 0.295 e. The van der Waals surface area contributed by atoms with E-state index in [0.717, 1.165) is 13.1 Å². The van der Waals surface area contributed by atoms with Gasteiger partial charge in [0.25, 0.3) is 5.91 Å². The van der Waals surface area contributed by atoms with Crippen LogP contribution in [-0.4, -0.2) is 67.6 Å². The van der Waals surface area contributed by atoms with Gasteiger partial charge in [0.1, 0.15) is 18.8 Å². The second kappa shape index (κ2) is 10.8. The summed E-state index contributed by atoms with van der Waals surface area (Å²) in [6.07, 6.45) is 3.24. The first-order valence-electron chi connectivity index (χ1n) is 11.8. The smallest absolute Gasteiger partial charge is 0.295 e. The van der Waals surface area contributed by atoms with Crippen molar-refractivity contribution < 1.29 is 29.1 Å². The average Bonchev–Trinajstić information content (AvgIpc) is 3.12. The molecule has 1 amide bonds. The molecular formula is C26H31N3O5. The SMILES string of the molecule is CC(C)COc1ccc(/C([O-])=C2\C(=O)C(=O)N(CC[NH+]3CCOCC3)C2c2cccnc2)cc1. The Bertz CT molecular complexity index is 1030. The van der Waals surface area contributed by atoms with E-state index in [1.807, 2.05) is 0 Å². The molecule has 34 heavy (non-hydrogen) atoms. The Morgan fingerprint density at radius 2 is 1.94 bits per heavy atom. The molecule has 3 heterocycles. The summed E-state index contributed by atoms with van der Waals surface area (Å²) in [5.41, 5.74) is 0.979. The number of hydrogen-bond donors (Lipinski definition) is 1. The number of ether oxygens (including phenoxy) is 2. The van der Waals surface area contributed by atoms with Crippen LogP contribution in [0.3, 0.4) is 0 Å². The number of nitrogens with zero attached hydrogens (tertiary/aromatic N) is 2. The number of hydrogen-bond acceptors (Lipinski definition) is 6. The Labute approximate surface area is 199 Å². The lowest BCUT2D eigenvalue weighted by atomic mass is 9.96. The number of rotatable bonds is 8. The van der Waals surface area contributed by atoms with E-state index < -0.39 is 23.5 Å².